The Balaban J connectivity index is 2.15. The molecule has 22 heavy (non-hydrogen) atoms. The summed E-state index contributed by atoms with van der Waals surface area (Å²) in [5.74, 6) is 0. The number of nitrogens with zero attached hydrogens (tertiary/aromatic N) is 2. The van der Waals surface area contributed by atoms with Crippen LogP contribution in [0.4, 0.5) is 0 Å². The maximum absolute atomic E-state index is 12.6. The molecule has 0 spiro atoms. The van der Waals surface area contributed by atoms with Crippen molar-refractivity contribution in [3.05, 3.63) is 57.9 Å². The first-order chi connectivity index (χ1) is 10.7. The quantitative estimate of drug-likeness (QED) is 0.856. The molecule has 1 fully saturated rings. The van der Waals surface area contributed by atoms with E-state index in [-0.39, 0.29) is 17.2 Å². The van der Waals surface area contributed by atoms with Crippen LogP contribution >= 0.6 is 0 Å². The van der Waals surface area contributed by atoms with E-state index in [2.05, 4.69) is 31.2 Å². The van der Waals surface area contributed by atoms with Crippen molar-refractivity contribution in [1.29, 1.82) is 5.26 Å². The lowest BCUT2D eigenvalue weighted by Gasteiger charge is -2.19. The summed E-state index contributed by atoms with van der Waals surface area (Å²) in [7, 11) is 0. The Morgan fingerprint density at radius 1 is 1.14 bits per heavy atom. The molecule has 1 saturated carbocycles. The van der Waals surface area contributed by atoms with E-state index in [0.717, 1.165) is 43.4 Å². The lowest BCUT2D eigenvalue weighted by Crippen LogP contribution is -2.26. The van der Waals surface area contributed by atoms with Crippen molar-refractivity contribution in [2.24, 2.45) is 0 Å². The summed E-state index contributed by atoms with van der Waals surface area (Å²) in [6, 6.07) is 14.2. The highest BCUT2D eigenvalue weighted by atomic mass is 16.1. The number of nitriles is 1. The van der Waals surface area contributed by atoms with E-state index in [9.17, 15) is 4.79 Å². The van der Waals surface area contributed by atoms with Crippen LogP contribution in [0.25, 0.3) is 11.3 Å². The van der Waals surface area contributed by atoms with E-state index in [1.54, 1.807) is 6.07 Å². The molecule has 0 aliphatic heterocycles. The Morgan fingerprint density at radius 2 is 1.82 bits per heavy atom. The van der Waals surface area contributed by atoms with Crippen molar-refractivity contribution < 1.29 is 0 Å². The summed E-state index contributed by atoms with van der Waals surface area (Å²) in [6.07, 6.45) is 5.36. The minimum Gasteiger partial charge on any atom is -0.304 e. The van der Waals surface area contributed by atoms with Gasteiger partial charge in [-0.3, -0.25) is 4.79 Å². The molecule has 2 aromatic rings. The highest BCUT2D eigenvalue weighted by Crippen LogP contribution is 2.32. The highest BCUT2D eigenvalue weighted by Gasteiger charge is 2.22. The number of aromatic nitrogens is 1. The first kappa shape index (κ1) is 14.6. The number of hydrogen-bond acceptors (Lipinski definition) is 2. The minimum absolute atomic E-state index is 0.147. The van der Waals surface area contributed by atoms with Crippen LogP contribution in [0, 0.1) is 11.3 Å². The molecule has 0 saturated heterocycles. The molecule has 0 atom stereocenters. The third kappa shape index (κ3) is 2.57. The highest BCUT2D eigenvalue weighted by molar-refractivity contribution is 5.61. The van der Waals surface area contributed by atoms with Gasteiger partial charge in [0.1, 0.15) is 11.6 Å². The number of rotatable bonds is 3. The Morgan fingerprint density at radius 3 is 2.41 bits per heavy atom. The van der Waals surface area contributed by atoms with Gasteiger partial charge < -0.3 is 4.57 Å². The predicted molar refractivity (Wildman–Crippen MR) is 87.7 cm³/mol. The SMILES string of the molecule is CCc1ccc(-c2ccc(C#N)c(=O)n2C2CCCC2)cc1. The molecule has 1 heterocycles. The third-order valence-corrected chi connectivity index (χ3v) is 4.58. The van der Waals surface area contributed by atoms with Crippen LogP contribution in [0.15, 0.2) is 41.2 Å². The van der Waals surface area contributed by atoms with Gasteiger partial charge in [0.15, 0.2) is 0 Å². The zero-order valence-electron chi connectivity index (χ0n) is 12.9. The van der Waals surface area contributed by atoms with Crippen LogP contribution < -0.4 is 5.56 Å². The lowest BCUT2D eigenvalue weighted by atomic mass is 10.0. The number of aryl methyl sites for hydroxylation is 1. The first-order valence-electron chi connectivity index (χ1n) is 7.99. The number of pyridine rings is 1. The van der Waals surface area contributed by atoms with Gasteiger partial charge in [0.05, 0.1) is 5.69 Å². The van der Waals surface area contributed by atoms with Crippen LogP contribution in [0.5, 0.6) is 0 Å². The fraction of sp³-hybridized carbons (Fsp3) is 0.368. The minimum atomic E-state index is -0.147. The Bertz CT molecular complexity index is 760. The van der Waals surface area contributed by atoms with Crippen molar-refractivity contribution in [2.45, 2.75) is 45.1 Å². The zero-order chi connectivity index (χ0) is 15.5. The van der Waals surface area contributed by atoms with Crippen LogP contribution in [0.1, 0.15) is 49.8 Å². The van der Waals surface area contributed by atoms with Crippen LogP contribution in [-0.2, 0) is 6.42 Å². The molecule has 1 aromatic carbocycles. The Kier molecular flexibility index (Phi) is 4.11. The number of hydrogen-bond donors (Lipinski definition) is 0. The summed E-state index contributed by atoms with van der Waals surface area (Å²) in [6.45, 7) is 2.13. The smallest absolute Gasteiger partial charge is 0.269 e. The topological polar surface area (TPSA) is 45.8 Å². The van der Waals surface area contributed by atoms with Crippen molar-refractivity contribution >= 4 is 0 Å². The summed E-state index contributed by atoms with van der Waals surface area (Å²) in [5, 5.41) is 9.15. The van der Waals surface area contributed by atoms with Gasteiger partial charge in [0.2, 0.25) is 0 Å². The summed E-state index contributed by atoms with van der Waals surface area (Å²) >= 11 is 0. The van der Waals surface area contributed by atoms with Crippen LogP contribution in [0.3, 0.4) is 0 Å². The van der Waals surface area contributed by atoms with E-state index in [0.29, 0.717) is 0 Å². The molecule has 0 bridgehead atoms. The molecule has 3 heteroatoms. The molecular weight excluding hydrogens is 272 g/mol. The third-order valence-electron chi connectivity index (χ3n) is 4.58. The van der Waals surface area contributed by atoms with E-state index in [1.807, 2.05) is 16.7 Å². The van der Waals surface area contributed by atoms with Gasteiger partial charge in [-0.25, -0.2) is 0 Å². The van der Waals surface area contributed by atoms with E-state index >= 15 is 0 Å². The molecule has 3 nitrogen and oxygen atoms in total. The largest absolute Gasteiger partial charge is 0.304 e. The molecule has 0 N–H and O–H groups in total. The van der Waals surface area contributed by atoms with Crippen molar-refractivity contribution in [3.8, 4) is 17.3 Å². The van der Waals surface area contributed by atoms with Gasteiger partial charge >= 0.3 is 0 Å². The molecule has 1 aromatic heterocycles. The second-order valence-electron chi connectivity index (χ2n) is 5.91. The molecule has 1 aliphatic carbocycles. The summed E-state index contributed by atoms with van der Waals surface area (Å²) in [4.78, 5) is 12.6. The van der Waals surface area contributed by atoms with Crippen LogP contribution in [-0.4, -0.2) is 4.57 Å². The van der Waals surface area contributed by atoms with Gasteiger partial charge in [0.25, 0.3) is 5.56 Å². The van der Waals surface area contributed by atoms with Crippen molar-refractivity contribution in [1.82, 2.24) is 4.57 Å². The average molecular weight is 292 g/mol. The zero-order valence-corrected chi connectivity index (χ0v) is 12.9. The van der Waals surface area contributed by atoms with Gasteiger partial charge in [-0.2, -0.15) is 5.26 Å². The normalized spacial score (nSPS) is 14.9. The van der Waals surface area contributed by atoms with Crippen molar-refractivity contribution in [3.63, 3.8) is 0 Å². The monoisotopic (exact) mass is 292 g/mol. The van der Waals surface area contributed by atoms with Gasteiger partial charge in [-0.15, -0.1) is 0 Å². The van der Waals surface area contributed by atoms with E-state index in [1.165, 1.54) is 5.56 Å². The lowest BCUT2D eigenvalue weighted by molar-refractivity contribution is 0.507. The molecule has 0 radical (unpaired) electrons. The van der Waals surface area contributed by atoms with Gasteiger partial charge in [0, 0.05) is 6.04 Å². The van der Waals surface area contributed by atoms with E-state index < -0.39 is 0 Å². The summed E-state index contributed by atoms with van der Waals surface area (Å²) in [5.41, 5.74) is 3.35. The maximum atomic E-state index is 12.6. The van der Waals surface area contributed by atoms with E-state index in [4.69, 9.17) is 5.26 Å². The standard InChI is InChI=1S/C19H20N2O/c1-2-14-7-9-15(10-8-14)18-12-11-16(13-20)19(22)21(18)17-5-3-4-6-17/h7-12,17H,2-6H2,1H3. The molecule has 112 valence electrons. The second kappa shape index (κ2) is 6.19. The van der Waals surface area contributed by atoms with Gasteiger partial charge in [-0.05, 0) is 42.5 Å². The van der Waals surface area contributed by atoms with Crippen molar-refractivity contribution in [2.75, 3.05) is 0 Å². The fourth-order valence-electron chi connectivity index (χ4n) is 3.31. The Labute approximate surface area is 130 Å². The summed E-state index contributed by atoms with van der Waals surface area (Å²) < 4.78 is 1.85. The second-order valence-corrected chi connectivity index (χ2v) is 5.91. The molecule has 0 unspecified atom stereocenters. The number of benzene rings is 1. The maximum Gasteiger partial charge on any atom is 0.269 e. The molecule has 1 aliphatic rings. The Hall–Kier alpha value is -2.34. The molecule has 3 rings (SSSR count). The van der Waals surface area contributed by atoms with Gasteiger partial charge in [-0.1, -0.05) is 44.0 Å². The first-order valence-corrected chi connectivity index (χ1v) is 7.99. The average Bonchev–Trinajstić information content (AvgIpc) is 3.08. The molecular formula is C19H20N2O. The predicted octanol–water partition coefficient (Wildman–Crippen LogP) is 4.06. The molecule has 0 amide bonds. The van der Waals surface area contributed by atoms with Crippen LogP contribution in [0.2, 0.25) is 0 Å². The fourth-order valence-corrected chi connectivity index (χ4v) is 3.31.